The summed E-state index contributed by atoms with van der Waals surface area (Å²) in [6.07, 6.45) is 2.99. The van der Waals surface area contributed by atoms with Crippen LogP contribution in [0, 0.1) is 0 Å². The van der Waals surface area contributed by atoms with Gasteiger partial charge in [-0.25, -0.2) is 9.97 Å². The van der Waals surface area contributed by atoms with Crippen molar-refractivity contribution in [2.75, 3.05) is 19.4 Å². The second kappa shape index (κ2) is 8.31. The summed E-state index contributed by atoms with van der Waals surface area (Å²) in [5.41, 5.74) is 4.67. The van der Waals surface area contributed by atoms with Crippen LogP contribution < -0.4 is 5.32 Å². The van der Waals surface area contributed by atoms with E-state index in [1.807, 2.05) is 31.9 Å². The number of rotatable bonds is 7. The van der Waals surface area contributed by atoms with Gasteiger partial charge >= 0.3 is 0 Å². The van der Waals surface area contributed by atoms with E-state index in [9.17, 15) is 0 Å². The van der Waals surface area contributed by atoms with Crippen LogP contribution >= 0.6 is 11.3 Å². The monoisotopic (exact) mass is 406 g/mol. The van der Waals surface area contributed by atoms with Crippen LogP contribution in [0.2, 0.25) is 0 Å². The number of anilines is 1. The van der Waals surface area contributed by atoms with Crippen molar-refractivity contribution in [3.63, 3.8) is 0 Å². The molecule has 0 saturated carbocycles. The molecule has 4 aromatic rings. The maximum atomic E-state index is 4.89. The molecule has 0 unspecified atom stereocenters. The van der Waals surface area contributed by atoms with Gasteiger partial charge in [-0.3, -0.25) is 4.68 Å². The first-order valence-corrected chi connectivity index (χ1v) is 10.7. The molecule has 3 heterocycles. The molecule has 6 nitrogen and oxygen atoms in total. The third-order valence-corrected chi connectivity index (χ3v) is 5.67. The van der Waals surface area contributed by atoms with Gasteiger partial charge < -0.3 is 10.2 Å². The minimum atomic E-state index is 0.689. The van der Waals surface area contributed by atoms with E-state index in [0.29, 0.717) is 13.1 Å². The van der Waals surface area contributed by atoms with Crippen molar-refractivity contribution in [1.29, 1.82) is 0 Å². The predicted octanol–water partition coefficient (Wildman–Crippen LogP) is 4.33. The average molecular weight is 407 g/mol. The van der Waals surface area contributed by atoms with Gasteiger partial charge in [-0.1, -0.05) is 37.3 Å². The van der Waals surface area contributed by atoms with E-state index in [1.54, 1.807) is 11.3 Å². The van der Waals surface area contributed by atoms with Gasteiger partial charge in [0.05, 0.1) is 17.6 Å². The van der Waals surface area contributed by atoms with Crippen molar-refractivity contribution < 1.29 is 0 Å². The Morgan fingerprint density at radius 1 is 1.14 bits per heavy atom. The molecule has 0 saturated heterocycles. The second-order valence-corrected chi connectivity index (χ2v) is 8.26. The van der Waals surface area contributed by atoms with Crippen LogP contribution in [0.5, 0.6) is 0 Å². The summed E-state index contributed by atoms with van der Waals surface area (Å²) in [6, 6.07) is 10.4. The summed E-state index contributed by atoms with van der Waals surface area (Å²) < 4.78 is 1.88. The molecule has 0 aliphatic heterocycles. The van der Waals surface area contributed by atoms with Crippen LogP contribution in [0.1, 0.15) is 24.0 Å². The fourth-order valence-electron chi connectivity index (χ4n) is 3.51. The second-order valence-electron chi connectivity index (χ2n) is 7.40. The Morgan fingerprint density at radius 2 is 1.93 bits per heavy atom. The lowest BCUT2D eigenvalue weighted by molar-refractivity contribution is 0.391. The Hall–Kier alpha value is -2.77. The van der Waals surface area contributed by atoms with Crippen LogP contribution in [-0.2, 0) is 26.6 Å². The summed E-state index contributed by atoms with van der Waals surface area (Å²) in [5.74, 6) is 1.71. The Labute approximate surface area is 175 Å². The molecule has 1 N–H and O–H groups in total. The van der Waals surface area contributed by atoms with Crippen LogP contribution in [0.4, 0.5) is 5.82 Å². The van der Waals surface area contributed by atoms with Gasteiger partial charge in [0.1, 0.15) is 16.5 Å². The van der Waals surface area contributed by atoms with Crippen molar-refractivity contribution >= 4 is 27.4 Å². The number of nitrogens with zero attached hydrogens (tertiary/aromatic N) is 5. The largest absolute Gasteiger partial charge is 0.365 e. The molecule has 0 bridgehead atoms. The highest BCUT2D eigenvalue weighted by Gasteiger charge is 2.16. The zero-order valence-electron chi connectivity index (χ0n) is 17.3. The van der Waals surface area contributed by atoms with Gasteiger partial charge in [-0.15, -0.1) is 11.3 Å². The van der Waals surface area contributed by atoms with Gasteiger partial charge in [0.2, 0.25) is 0 Å². The summed E-state index contributed by atoms with van der Waals surface area (Å²) in [4.78, 5) is 12.8. The fourth-order valence-corrected chi connectivity index (χ4v) is 4.47. The van der Waals surface area contributed by atoms with Crippen LogP contribution in [0.3, 0.4) is 0 Å². The first-order valence-electron chi connectivity index (χ1n) is 9.78. The minimum Gasteiger partial charge on any atom is -0.365 e. The van der Waals surface area contributed by atoms with Crippen LogP contribution in [-0.4, -0.2) is 38.7 Å². The summed E-state index contributed by atoms with van der Waals surface area (Å²) in [5, 5.41) is 11.4. The third-order valence-electron chi connectivity index (χ3n) is 4.80. The summed E-state index contributed by atoms with van der Waals surface area (Å²) in [6.45, 7) is 3.53. The summed E-state index contributed by atoms with van der Waals surface area (Å²) in [7, 11) is 6.04. The van der Waals surface area contributed by atoms with Crippen molar-refractivity contribution in [2.24, 2.45) is 7.05 Å². The normalized spacial score (nSPS) is 11.5. The predicted molar refractivity (Wildman–Crippen MR) is 120 cm³/mol. The molecule has 0 radical (unpaired) electrons. The Balaban J connectivity index is 1.77. The van der Waals surface area contributed by atoms with Crippen molar-refractivity contribution in [1.82, 2.24) is 24.6 Å². The highest BCUT2D eigenvalue weighted by Crippen LogP contribution is 2.37. The molecular weight excluding hydrogens is 380 g/mol. The number of benzene rings is 1. The van der Waals surface area contributed by atoms with E-state index < -0.39 is 0 Å². The lowest BCUT2D eigenvalue weighted by Gasteiger charge is -2.13. The molecule has 150 valence electrons. The zero-order chi connectivity index (χ0) is 20.4. The molecular formula is C22H26N6S. The molecule has 29 heavy (non-hydrogen) atoms. The van der Waals surface area contributed by atoms with Gasteiger partial charge in [0.15, 0.2) is 0 Å². The molecule has 1 aromatic carbocycles. The Bertz CT molecular complexity index is 1110. The molecule has 0 aliphatic rings. The van der Waals surface area contributed by atoms with E-state index in [2.05, 4.69) is 58.1 Å². The number of aryl methyl sites for hydroxylation is 2. The molecule has 0 spiro atoms. The molecule has 4 rings (SSSR count). The lowest BCUT2D eigenvalue weighted by Crippen LogP contribution is -2.14. The van der Waals surface area contributed by atoms with E-state index >= 15 is 0 Å². The highest BCUT2D eigenvalue weighted by atomic mass is 32.1. The molecule has 0 amide bonds. The quantitative estimate of drug-likeness (QED) is 0.495. The van der Waals surface area contributed by atoms with Gasteiger partial charge in [-0.05, 0) is 26.1 Å². The van der Waals surface area contributed by atoms with E-state index in [-0.39, 0.29) is 0 Å². The molecule has 0 fully saturated rings. The Kier molecular flexibility index (Phi) is 5.60. The number of fused-ring (bicyclic) bond motifs is 1. The number of aromatic nitrogens is 4. The lowest BCUT2D eigenvalue weighted by atomic mass is 10.1. The maximum Gasteiger partial charge on any atom is 0.146 e. The number of hydrogen-bond acceptors (Lipinski definition) is 6. The standard InChI is InChI=1S/C22H26N6S/c1-5-18-16(12-28(4)26-18)11-23-21-20-17(15-9-7-6-8-10-15)14-29-22(20)25-19(24-21)13-27(2)3/h6-10,12,14H,5,11,13H2,1-4H3,(H,23,24,25). The van der Waals surface area contributed by atoms with Crippen molar-refractivity contribution in [3.05, 3.63) is 59.0 Å². The topological polar surface area (TPSA) is 58.9 Å². The smallest absolute Gasteiger partial charge is 0.146 e. The van der Waals surface area contributed by atoms with E-state index in [1.165, 1.54) is 16.7 Å². The summed E-state index contributed by atoms with van der Waals surface area (Å²) >= 11 is 1.67. The van der Waals surface area contributed by atoms with Gasteiger partial charge in [0, 0.05) is 36.3 Å². The van der Waals surface area contributed by atoms with Crippen molar-refractivity contribution in [2.45, 2.75) is 26.4 Å². The minimum absolute atomic E-state index is 0.689. The average Bonchev–Trinajstić information content (AvgIpc) is 3.29. The zero-order valence-corrected chi connectivity index (χ0v) is 18.1. The maximum absolute atomic E-state index is 4.89. The van der Waals surface area contributed by atoms with Gasteiger partial charge in [-0.2, -0.15) is 5.10 Å². The SMILES string of the molecule is CCc1nn(C)cc1CNc1nc(CN(C)C)nc2scc(-c3ccccc3)c12. The number of nitrogens with one attached hydrogen (secondary N) is 1. The fraction of sp³-hybridized carbons (Fsp3) is 0.318. The van der Waals surface area contributed by atoms with E-state index in [0.717, 1.165) is 34.0 Å². The first-order chi connectivity index (χ1) is 14.0. The first kappa shape index (κ1) is 19.5. The van der Waals surface area contributed by atoms with E-state index in [4.69, 9.17) is 9.97 Å². The number of hydrogen-bond donors (Lipinski definition) is 1. The highest BCUT2D eigenvalue weighted by molar-refractivity contribution is 7.17. The molecule has 0 aliphatic carbocycles. The molecule has 7 heteroatoms. The van der Waals surface area contributed by atoms with Crippen LogP contribution in [0.15, 0.2) is 41.9 Å². The number of thiophene rings is 1. The van der Waals surface area contributed by atoms with Crippen molar-refractivity contribution in [3.8, 4) is 11.1 Å². The van der Waals surface area contributed by atoms with Crippen LogP contribution in [0.25, 0.3) is 21.3 Å². The van der Waals surface area contributed by atoms with Gasteiger partial charge in [0.25, 0.3) is 0 Å². The molecule has 3 aromatic heterocycles. The third kappa shape index (κ3) is 4.16. The Morgan fingerprint density at radius 3 is 2.66 bits per heavy atom. The molecule has 0 atom stereocenters.